The van der Waals surface area contributed by atoms with Crippen molar-refractivity contribution in [3.05, 3.63) is 11.6 Å². The summed E-state index contributed by atoms with van der Waals surface area (Å²) in [6.45, 7) is 6.30. The van der Waals surface area contributed by atoms with Crippen molar-refractivity contribution in [3.63, 3.8) is 0 Å². The molecule has 0 aromatic rings. The van der Waals surface area contributed by atoms with Crippen molar-refractivity contribution in [1.82, 2.24) is 0 Å². The lowest BCUT2D eigenvalue weighted by atomic mass is 9.63. The van der Waals surface area contributed by atoms with Gasteiger partial charge >= 0.3 is 0 Å². The molecule has 1 heterocycles. The molecular formula is C13H22O3. The number of rotatable bonds is 1. The predicted octanol–water partition coefficient (Wildman–Crippen LogP) is 1.63. The van der Waals surface area contributed by atoms with Gasteiger partial charge in [-0.1, -0.05) is 19.9 Å². The second-order valence-corrected chi connectivity index (χ2v) is 5.80. The van der Waals surface area contributed by atoms with Crippen LogP contribution in [0.25, 0.3) is 0 Å². The van der Waals surface area contributed by atoms with Gasteiger partial charge in [-0.05, 0) is 31.8 Å². The van der Waals surface area contributed by atoms with Gasteiger partial charge in [0.1, 0.15) is 0 Å². The maximum absolute atomic E-state index is 9.81. The zero-order valence-corrected chi connectivity index (χ0v) is 10.4. The molecule has 2 aliphatic rings. The van der Waals surface area contributed by atoms with Gasteiger partial charge in [-0.2, -0.15) is 0 Å². The summed E-state index contributed by atoms with van der Waals surface area (Å²) in [4.78, 5) is 0. The average molecular weight is 226 g/mol. The first kappa shape index (κ1) is 12.1. The third kappa shape index (κ3) is 1.62. The van der Waals surface area contributed by atoms with E-state index < -0.39 is 6.10 Å². The molecule has 0 saturated carbocycles. The minimum atomic E-state index is -0.456. The Hall–Kier alpha value is -0.380. The van der Waals surface area contributed by atoms with Gasteiger partial charge in [0, 0.05) is 5.41 Å². The number of hydrogen-bond donors (Lipinski definition) is 2. The van der Waals surface area contributed by atoms with Gasteiger partial charge in [0.2, 0.25) is 0 Å². The lowest BCUT2D eigenvalue weighted by Gasteiger charge is -2.49. The van der Waals surface area contributed by atoms with Crippen molar-refractivity contribution in [3.8, 4) is 0 Å². The summed E-state index contributed by atoms with van der Waals surface area (Å²) in [5.41, 5.74) is 0.380. The third-order valence-corrected chi connectivity index (χ3v) is 4.20. The molecule has 3 heteroatoms. The van der Waals surface area contributed by atoms with Gasteiger partial charge < -0.3 is 14.9 Å². The van der Waals surface area contributed by atoms with Crippen LogP contribution in [-0.4, -0.2) is 34.6 Å². The second kappa shape index (κ2) is 3.83. The summed E-state index contributed by atoms with van der Waals surface area (Å²) in [5.74, 6) is 0. The van der Waals surface area contributed by atoms with Crippen LogP contribution in [0.15, 0.2) is 11.6 Å². The quantitative estimate of drug-likeness (QED) is 0.668. The highest BCUT2D eigenvalue weighted by atomic mass is 16.5. The lowest BCUT2D eigenvalue weighted by molar-refractivity contribution is -0.108. The Kier molecular flexibility index (Phi) is 2.89. The summed E-state index contributed by atoms with van der Waals surface area (Å²) >= 11 is 0. The SMILES string of the molecule is C[C@H]1CC[C@]2(O1)C(CO)=C[C@H](O)CC2(C)C. The molecule has 16 heavy (non-hydrogen) atoms. The predicted molar refractivity (Wildman–Crippen MR) is 62.1 cm³/mol. The molecule has 2 N–H and O–H groups in total. The first-order chi connectivity index (χ1) is 7.41. The van der Waals surface area contributed by atoms with Crippen LogP contribution in [0.1, 0.15) is 40.0 Å². The van der Waals surface area contributed by atoms with Crippen LogP contribution in [0, 0.1) is 5.41 Å². The Morgan fingerprint density at radius 3 is 2.69 bits per heavy atom. The van der Waals surface area contributed by atoms with Crippen LogP contribution in [0.5, 0.6) is 0 Å². The van der Waals surface area contributed by atoms with E-state index in [0.29, 0.717) is 6.42 Å². The standard InChI is InChI=1S/C13H22O3/c1-9-4-5-13(16-9)10(8-14)6-11(15)7-12(13,2)3/h6,9,11,14-15H,4-5,7-8H2,1-3H3/t9-,11-,13-/m0/s1. The molecule has 2 rings (SSSR count). The molecular weight excluding hydrogens is 204 g/mol. The smallest absolute Gasteiger partial charge is 0.0970 e. The van der Waals surface area contributed by atoms with Gasteiger partial charge in [0.05, 0.1) is 24.4 Å². The number of hydrogen-bond acceptors (Lipinski definition) is 3. The van der Waals surface area contributed by atoms with E-state index in [0.717, 1.165) is 18.4 Å². The third-order valence-electron chi connectivity index (χ3n) is 4.20. The van der Waals surface area contributed by atoms with Crippen LogP contribution >= 0.6 is 0 Å². The molecule has 0 bridgehead atoms. The molecule has 0 unspecified atom stereocenters. The number of ether oxygens (including phenoxy) is 1. The molecule has 0 amide bonds. The molecule has 1 saturated heterocycles. The first-order valence-electron chi connectivity index (χ1n) is 6.09. The van der Waals surface area contributed by atoms with E-state index >= 15 is 0 Å². The summed E-state index contributed by atoms with van der Waals surface area (Å²) in [6, 6.07) is 0. The minimum Gasteiger partial charge on any atom is -0.392 e. The zero-order valence-electron chi connectivity index (χ0n) is 10.4. The summed E-state index contributed by atoms with van der Waals surface area (Å²) in [6.07, 6.45) is 4.23. The van der Waals surface area contributed by atoms with Crippen molar-refractivity contribution in [1.29, 1.82) is 0 Å². The molecule has 3 nitrogen and oxygen atoms in total. The van der Waals surface area contributed by atoms with Crippen LogP contribution in [0.4, 0.5) is 0 Å². The topological polar surface area (TPSA) is 49.7 Å². The maximum Gasteiger partial charge on any atom is 0.0970 e. The van der Waals surface area contributed by atoms with Gasteiger partial charge in [0.25, 0.3) is 0 Å². The highest BCUT2D eigenvalue weighted by Crippen LogP contribution is 2.53. The highest BCUT2D eigenvalue weighted by molar-refractivity contribution is 5.29. The molecule has 3 atom stereocenters. The molecule has 1 fully saturated rings. The van der Waals surface area contributed by atoms with E-state index in [4.69, 9.17) is 4.74 Å². The molecule has 1 spiro atoms. The van der Waals surface area contributed by atoms with E-state index in [2.05, 4.69) is 20.8 Å². The lowest BCUT2D eigenvalue weighted by Crippen LogP contribution is -2.51. The van der Waals surface area contributed by atoms with Crippen LogP contribution in [-0.2, 0) is 4.74 Å². The molecule has 0 aromatic carbocycles. The molecule has 1 aliphatic heterocycles. The fourth-order valence-corrected chi connectivity index (χ4v) is 3.33. The average Bonchev–Trinajstić information content (AvgIpc) is 2.56. The van der Waals surface area contributed by atoms with Crippen molar-refractivity contribution in [2.24, 2.45) is 5.41 Å². The van der Waals surface area contributed by atoms with E-state index in [1.807, 2.05) is 0 Å². The maximum atomic E-state index is 9.81. The fourth-order valence-electron chi connectivity index (χ4n) is 3.33. The first-order valence-corrected chi connectivity index (χ1v) is 6.09. The Bertz CT molecular complexity index is 308. The number of aliphatic hydroxyl groups excluding tert-OH is 2. The van der Waals surface area contributed by atoms with E-state index in [-0.39, 0.29) is 23.7 Å². The zero-order chi connectivity index (χ0) is 12.0. The minimum absolute atomic E-state index is 0.0206. The van der Waals surface area contributed by atoms with Crippen LogP contribution in [0.2, 0.25) is 0 Å². The van der Waals surface area contributed by atoms with Gasteiger partial charge in [0.15, 0.2) is 0 Å². The van der Waals surface area contributed by atoms with Gasteiger partial charge in [-0.25, -0.2) is 0 Å². The van der Waals surface area contributed by atoms with E-state index in [9.17, 15) is 10.2 Å². The Morgan fingerprint density at radius 1 is 1.50 bits per heavy atom. The van der Waals surface area contributed by atoms with Gasteiger partial charge in [-0.15, -0.1) is 0 Å². The number of aliphatic hydroxyl groups is 2. The Balaban J connectivity index is 2.42. The van der Waals surface area contributed by atoms with Crippen molar-refractivity contribution >= 4 is 0 Å². The summed E-state index contributed by atoms with van der Waals surface area (Å²) in [5, 5.41) is 19.3. The summed E-state index contributed by atoms with van der Waals surface area (Å²) < 4.78 is 6.12. The van der Waals surface area contributed by atoms with Gasteiger partial charge in [-0.3, -0.25) is 0 Å². The summed E-state index contributed by atoms with van der Waals surface area (Å²) in [7, 11) is 0. The van der Waals surface area contributed by atoms with Crippen molar-refractivity contribution in [2.75, 3.05) is 6.61 Å². The largest absolute Gasteiger partial charge is 0.392 e. The van der Waals surface area contributed by atoms with Crippen LogP contribution < -0.4 is 0 Å². The Labute approximate surface area is 97.1 Å². The van der Waals surface area contributed by atoms with Crippen molar-refractivity contribution in [2.45, 2.75) is 57.8 Å². The molecule has 0 radical (unpaired) electrons. The fraction of sp³-hybridized carbons (Fsp3) is 0.846. The van der Waals surface area contributed by atoms with E-state index in [1.165, 1.54) is 0 Å². The van der Waals surface area contributed by atoms with E-state index in [1.54, 1.807) is 6.08 Å². The Morgan fingerprint density at radius 2 is 2.19 bits per heavy atom. The monoisotopic (exact) mass is 226 g/mol. The van der Waals surface area contributed by atoms with Crippen molar-refractivity contribution < 1.29 is 14.9 Å². The second-order valence-electron chi connectivity index (χ2n) is 5.80. The molecule has 1 aliphatic carbocycles. The molecule has 0 aromatic heterocycles. The molecule has 92 valence electrons. The van der Waals surface area contributed by atoms with Crippen LogP contribution in [0.3, 0.4) is 0 Å². The highest BCUT2D eigenvalue weighted by Gasteiger charge is 2.54. The normalized spacial score (nSPS) is 42.4.